The third kappa shape index (κ3) is 2.48. The van der Waals surface area contributed by atoms with Crippen molar-refractivity contribution in [3.63, 3.8) is 0 Å². The summed E-state index contributed by atoms with van der Waals surface area (Å²) in [6.07, 6.45) is 4.43. The van der Waals surface area contributed by atoms with E-state index in [0.29, 0.717) is 11.6 Å². The van der Waals surface area contributed by atoms with Crippen LogP contribution in [0.25, 0.3) is 0 Å². The molecule has 2 rings (SSSR count). The van der Waals surface area contributed by atoms with Gasteiger partial charge in [-0.3, -0.25) is 0 Å². The minimum Gasteiger partial charge on any atom is -0.478 e. The van der Waals surface area contributed by atoms with Crippen LogP contribution in [0.15, 0.2) is 23.1 Å². The van der Waals surface area contributed by atoms with Gasteiger partial charge in [0.2, 0.25) is 0 Å². The topological polar surface area (TPSA) is 40.5 Å². The number of carbonyl (C=O) groups is 1. The van der Waals surface area contributed by atoms with E-state index < -0.39 is 5.97 Å². The lowest BCUT2D eigenvalue weighted by atomic mass is 10.1. The van der Waals surface area contributed by atoms with Crippen molar-refractivity contribution in [2.24, 2.45) is 5.92 Å². The molecule has 0 saturated heterocycles. The lowest BCUT2D eigenvalue weighted by molar-refractivity contribution is 0.0694. The zero-order valence-electron chi connectivity index (χ0n) is 11.0. The molecular formula is C14H19NO2S. The fourth-order valence-corrected chi connectivity index (χ4v) is 2.92. The molecule has 98 valence electrons. The largest absolute Gasteiger partial charge is 0.478 e. The SMILES string of the molecule is CSc1cccc(N(C)C(C)C2CC2)c1C(=O)O. The van der Waals surface area contributed by atoms with Crippen LogP contribution < -0.4 is 4.90 Å². The molecule has 0 radical (unpaired) electrons. The van der Waals surface area contributed by atoms with Gasteiger partial charge in [0.1, 0.15) is 0 Å². The Kier molecular flexibility index (Phi) is 3.85. The maximum atomic E-state index is 11.5. The number of rotatable bonds is 5. The smallest absolute Gasteiger partial charge is 0.338 e. The Bertz CT molecular complexity index is 457. The molecule has 0 aromatic heterocycles. The predicted octanol–water partition coefficient (Wildman–Crippen LogP) is 3.34. The van der Waals surface area contributed by atoms with Crippen LogP contribution in [0.3, 0.4) is 0 Å². The molecule has 1 N–H and O–H groups in total. The molecule has 0 heterocycles. The van der Waals surface area contributed by atoms with E-state index in [9.17, 15) is 9.90 Å². The van der Waals surface area contributed by atoms with Gasteiger partial charge in [-0.1, -0.05) is 6.07 Å². The normalized spacial score (nSPS) is 16.4. The molecule has 18 heavy (non-hydrogen) atoms. The van der Waals surface area contributed by atoms with E-state index in [0.717, 1.165) is 16.5 Å². The third-order valence-electron chi connectivity index (χ3n) is 3.73. The average molecular weight is 265 g/mol. The first kappa shape index (κ1) is 13.3. The van der Waals surface area contributed by atoms with Crippen LogP contribution in [0.2, 0.25) is 0 Å². The second kappa shape index (κ2) is 5.22. The van der Waals surface area contributed by atoms with Crippen LogP contribution in [-0.2, 0) is 0 Å². The minimum atomic E-state index is -0.843. The number of carboxylic acid groups (broad SMARTS) is 1. The first-order valence-electron chi connectivity index (χ1n) is 6.19. The molecule has 0 aliphatic heterocycles. The Morgan fingerprint density at radius 3 is 2.67 bits per heavy atom. The van der Waals surface area contributed by atoms with Crippen molar-refractivity contribution in [2.75, 3.05) is 18.2 Å². The summed E-state index contributed by atoms with van der Waals surface area (Å²) in [7, 11) is 1.99. The summed E-state index contributed by atoms with van der Waals surface area (Å²) in [6.45, 7) is 2.18. The lowest BCUT2D eigenvalue weighted by Gasteiger charge is -2.29. The molecule has 0 bridgehead atoms. The average Bonchev–Trinajstić information content (AvgIpc) is 3.20. The van der Waals surface area contributed by atoms with E-state index in [2.05, 4.69) is 11.8 Å². The van der Waals surface area contributed by atoms with Crippen molar-refractivity contribution >= 4 is 23.4 Å². The molecule has 1 atom stereocenters. The van der Waals surface area contributed by atoms with Crippen LogP contribution >= 0.6 is 11.8 Å². The summed E-state index contributed by atoms with van der Waals surface area (Å²) >= 11 is 1.48. The molecule has 1 fully saturated rings. The number of benzene rings is 1. The fourth-order valence-electron chi connectivity index (χ4n) is 2.31. The number of hydrogen-bond donors (Lipinski definition) is 1. The second-order valence-corrected chi connectivity index (χ2v) is 5.70. The van der Waals surface area contributed by atoms with Crippen molar-refractivity contribution in [1.82, 2.24) is 0 Å². The molecule has 1 aromatic rings. The summed E-state index contributed by atoms with van der Waals surface area (Å²) in [5.74, 6) is -0.126. The number of aromatic carboxylic acids is 1. The zero-order chi connectivity index (χ0) is 13.3. The Balaban J connectivity index is 2.39. The standard InChI is InChI=1S/C14H19NO2S/c1-9(10-7-8-10)15(2)11-5-4-6-12(18-3)13(11)14(16)17/h4-6,9-10H,7-8H2,1-3H3,(H,16,17). The van der Waals surface area contributed by atoms with Crippen LogP contribution in [0.4, 0.5) is 5.69 Å². The van der Waals surface area contributed by atoms with Gasteiger partial charge < -0.3 is 10.0 Å². The van der Waals surface area contributed by atoms with Gasteiger partial charge in [0.15, 0.2) is 0 Å². The van der Waals surface area contributed by atoms with Crippen LogP contribution in [-0.4, -0.2) is 30.4 Å². The van der Waals surface area contributed by atoms with E-state index >= 15 is 0 Å². The number of carboxylic acids is 1. The highest BCUT2D eigenvalue weighted by Gasteiger charge is 2.32. The molecule has 1 aliphatic rings. The molecule has 3 nitrogen and oxygen atoms in total. The molecule has 1 unspecified atom stereocenters. The summed E-state index contributed by atoms with van der Waals surface area (Å²) in [4.78, 5) is 14.4. The molecule has 0 spiro atoms. The molecule has 1 saturated carbocycles. The van der Waals surface area contributed by atoms with Gasteiger partial charge in [-0.25, -0.2) is 4.79 Å². The Hall–Kier alpha value is -1.16. The number of hydrogen-bond acceptors (Lipinski definition) is 3. The zero-order valence-corrected chi connectivity index (χ0v) is 11.8. The lowest BCUT2D eigenvalue weighted by Crippen LogP contribution is -2.32. The molecule has 1 aromatic carbocycles. The molecule has 1 aliphatic carbocycles. The summed E-state index contributed by atoms with van der Waals surface area (Å²) in [6, 6.07) is 6.11. The van der Waals surface area contributed by atoms with Gasteiger partial charge in [-0.2, -0.15) is 0 Å². The summed E-state index contributed by atoms with van der Waals surface area (Å²) < 4.78 is 0. The molecule has 4 heteroatoms. The van der Waals surface area contributed by atoms with E-state index in [1.165, 1.54) is 24.6 Å². The second-order valence-electron chi connectivity index (χ2n) is 4.85. The number of anilines is 1. The quantitative estimate of drug-likeness (QED) is 0.829. The maximum absolute atomic E-state index is 11.5. The van der Waals surface area contributed by atoms with Crippen molar-refractivity contribution in [3.8, 4) is 0 Å². The summed E-state index contributed by atoms with van der Waals surface area (Å²) in [5, 5.41) is 9.42. The third-order valence-corrected chi connectivity index (χ3v) is 4.51. The Labute approximate surface area is 112 Å². The van der Waals surface area contributed by atoms with Gasteiger partial charge in [-0.05, 0) is 44.1 Å². The molecule has 0 amide bonds. The van der Waals surface area contributed by atoms with E-state index in [1.54, 1.807) is 0 Å². The fraction of sp³-hybridized carbons (Fsp3) is 0.500. The number of nitrogens with zero attached hydrogens (tertiary/aromatic N) is 1. The van der Waals surface area contributed by atoms with Gasteiger partial charge in [-0.15, -0.1) is 11.8 Å². The first-order valence-corrected chi connectivity index (χ1v) is 7.42. The highest BCUT2D eigenvalue weighted by Crippen LogP contribution is 2.38. The van der Waals surface area contributed by atoms with Gasteiger partial charge in [0, 0.05) is 18.0 Å². The summed E-state index contributed by atoms with van der Waals surface area (Å²) in [5.41, 5.74) is 1.26. The molecular weight excluding hydrogens is 246 g/mol. The van der Waals surface area contributed by atoms with Crippen molar-refractivity contribution in [2.45, 2.75) is 30.7 Å². The first-order chi connectivity index (χ1) is 8.56. The van der Waals surface area contributed by atoms with Crippen LogP contribution in [0.1, 0.15) is 30.1 Å². The van der Waals surface area contributed by atoms with Crippen molar-refractivity contribution in [1.29, 1.82) is 0 Å². The van der Waals surface area contributed by atoms with E-state index in [1.807, 2.05) is 31.5 Å². The van der Waals surface area contributed by atoms with Gasteiger partial charge in [0.25, 0.3) is 0 Å². The number of thioether (sulfide) groups is 1. The Morgan fingerprint density at radius 1 is 1.50 bits per heavy atom. The monoisotopic (exact) mass is 265 g/mol. The van der Waals surface area contributed by atoms with Crippen LogP contribution in [0.5, 0.6) is 0 Å². The van der Waals surface area contributed by atoms with Gasteiger partial charge in [0.05, 0.1) is 11.3 Å². The van der Waals surface area contributed by atoms with E-state index in [4.69, 9.17) is 0 Å². The highest BCUT2D eigenvalue weighted by molar-refractivity contribution is 7.98. The Morgan fingerprint density at radius 2 is 2.17 bits per heavy atom. The highest BCUT2D eigenvalue weighted by atomic mass is 32.2. The van der Waals surface area contributed by atoms with E-state index in [-0.39, 0.29) is 0 Å². The predicted molar refractivity (Wildman–Crippen MR) is 75.8 cm³/mol. The minimum absolute atomic E-state index is 0.403. The van der Waals surface area contributed by atoms with Crippen molar-refractivity contribution in [3.05, 3.63) is 23.8 Å². The maximum Gasteiger partial charge on any atom is 0.338 e. The van der Waals surface area contributed by atoms with Crippen LogP contribution in [0, 0.1) is 5.92 Å². The van der Waals surface area contributed by atoms with Gasteiger partial charge >= 0.3 is 5.97 Å². The van der Waals surface area contributed by atoms with Crippen molar-refractivity contribution < 1.29 is 9.90 Å².